The molecular formula is C19H28O4. The topological polar surface area (TPSA) is 74.6 Å². The van der Waals surface area contributed by atoms with Gasteiger partial charge in [0.05, 0.1) is 5.60 Å². The Balaban J connectivity index is 1.88. The summed E-state index contributed by atoms with van der Waals surface area (Å²) in [5, 5.41) is 19.9. The molecule has 23 heavy (non-hydrogen) atoms. The fourth-order valence-electron chi connectivity index (χ4n) is 5.66. The number of aliphatic hydroxyl groups is 1. The number of carbonyl (C=O) groups excluding carboxylic acids is 1. The summed E-state index contributed by atoms with van der Waals surface area (Å²) in [5.41, 5.74) is 0.599. The van der Waals surface area contributed by atoms with E-state index in [1.165, 1.54) is 5.57 Å². The van der Waals surface area contributed by atoms with Gasteiger partial charge in [0.25, 0.3) is 0 Å². The van der Waals surface area contributed by atoms with Crippen molar-refractivity contribution >= 4 is 11.8 Å². The number of allylic oxidation sites excluding steroid dienone is 2. The summed E-state index contributed by atoms with van der Waals surface area (Å²) in [6.45, 7) is 4.17. The van der Waals surface area contributed by atoms with E-state index in [4.69, 9.17) is 5.11 Å². The lowest BCUT2D eigenvalue weighted by Gasteiger charge is -2.57. The van der Waals surface area contributed by atoms with Crippen molar-refractivity contribution in [1.82, 2.24) is 0 Å². The second-order valence-corrected chi connectivity index (χ2v) is 8.30. The summed E-state index contributed by atoms with van der Waals surface area (Å²) in [6.07, 6.45) is 7.69. The Morgan fingerprint density at radius 1 is 1.26 bits per heavy atom. The molecule has 3 aliphatic rings. The molecule has 0 saturated heterocycles. The first-order valence-corrected chi connectivity index (χ1v) is 8.92. The number of hydrogen-bond donors (Lipinski definition) is 2. The molecule has 0 amide bonds. The van der Waals surface area contributed by atoms with Crippen molar-refractivity contribution in [2.24, 2.45) is 23.2 Å². The molecule has 2 N–H and O–H groups in total. The number of carbonyl (C=O) groups is 2. The predicted molar refractivity (Wildman–Crippen MR) is 86.9 cm³/mol. The molecule has 5 atom stereocenters. The Morgan fingerprint density at radius 2 is 2.00 bits per heavy atom. The zero-order valence-corrected chi connectivity index (χ0v) is 14.2. The second-order valence-electron chi connectivity index (χ2n) is 8.30. The number of rotatable bonds is 3. The normalized spacial score (nSPS) is 43.3. The van der Waals surface area contributed by atoms with Crippen LogP contribution in [0.15, 0.2) is 11.6 Å². The molecule has 2 saturated carbocycles. The van der Waals surface area contributed by atoms with Crippen molar-refractivity contribution < 1.29 is 19.8 Å². The second kappa shape index (κ2) is 5.73. The molecule has 0 aromatic carbocycles. The minimum Gasteiger partial charge on any atom is -0.481 e. The minimum atomic E-state index is -0.784. The number of aliphatic carboxylic acids is 1. The number of hydrogen-bond acceptors (Lipinski definition) is 3. The highest BCUT2D eigenvalue weighted by atomic mass is 16.4. The van der Waals surface area contributed by atoms with Crippen LogP contribution in [0, 0.1) is 23.2 Å². The van der Waals surface area contributed by atoms with Crippen LogP contribution >= 0.6 is 0 Å². The molecule has 0 spiro atoms. The summed E-state index contributed by atoms with van der Waals surface area (Å²) >= 11 is 0. The Hall–Kier alpha value is -1.16. The number of carboxylic acids is 1. The van der Waals surface area contributed by atoms with Crippen LogP contribution in [0.4, 0.5) is 0 Å². The van der Waals surface area contributed by atoms with Crippen LogP contribution in [0.25, 0.3) is 0 Å². The standard InChI is InChI=1S/C19H28O4/c1-18-9-7-13(20)11-12(18)3-4-14-15(18)8-10-19(2,23)16(14)5-6-17(21)22/h11,14-16,23H,3-10H2,1-2H3,(H,21,22)/t14-,15+,16+,18+,19+/m1/s1. The molecular weight excluding hydrogens is 292 g/mol. The van der Waals surface area contributed by atoms with E-state index < -0.39 is 11.6 Å². The lowest BCUT2D eigenvalue weighted by molar-refractivity contribution is -0.141. The molecule has 0 bridgehead atoms. The third-order valence-corrected chi connectivity index (χ3v) is 6.99. The average molecular weight is 320 g/mol. The molecule has 0 aliphatic heterocycles. The monoisotopic (exact) mass is 320 g/mol. The fourth-order valence-corrected chi connectivity index (χ4v) is 5.66. The average Bonchev–Trinajstić information content (AvgIpc) is 2.46. The van der Waals surface area contributed by atoms with Crippen LogP contribution in [0.3, 0.4) is 0 Å². The first-order chi connectivity index (χ1) is 10.7. The largest absolute Gasteiger partial charge is 0.481 e. The van der Waals surface area contributed by atoms with E-state index in [2.05, 4.69) is 6.92 Å². The molecule has 0 aromatic heterocycles. The molecule has 2 fully saturated rings. The van der Waals surface area contributed by atoms with Gasteiger partial charge in [0.15, 0.2) is 5.78 Å². The molecule has 4 heteroatoms. The first-order valence-electron chi connectivity index (χ1n) is 8.92. The third kappa shape index (κ3) is 2.86. The van der Waals surface area contributed by atoms with Gasteiger partial charge in [-0.1, -0.05) is 12.5 Å². The lowest BCUT2D eigenvalue weighted by atomic mass is 9.48. The van der Waals surface area contributed by atoms with Crippen molar-refractivity contribution in [3.8, 4) is 0 Å². The molecule has 0 unspecified atom stereocenters. The van der Waals surface area contributed by atoms with Gasteiger partial charge in [-0.05, 0) is 74.7 Å². The van der Waals surface area contributed by atoms with E-state index in [1.54, 1.807) is 0 Å². The maximum Gasteiger partial charge on any atom is 0.303 e. The summed E-state index contributed by atoms with van der Waals surface area (Å²) in [4.78, 5) is 22.8. The zero-order valence-electron chi connectivity index (χ0n) is 14.2. The van der Waals surface area contributed by atoms with Crippen molar-refractivity contribution in [2.75, 3.05) is 0 Å². The van der Waals surface area contributed by atoms with Gasteiger partial charge < -0.3 is 10.2 Å². The van der Waals surface area contributed by atoms with Crippen LogP contribution in [0.5, 0.6) is 0 Å². The van der Waals surface area contributed by atoms with E-state index in [-0.39, 0.29) is 23.5 Å². The maximum atomic E-state index is 11.8. The molecule has 128 valence electrons. The van der Waals surface area contributed by atoms with Crippen LogP contribution in [0.1, 0.15) is 65.2 Å². The van der Waals surface area contributed by atoms with Crippen molar-refractivity contribution in [1.29, 1.82) is 0 Å². The fraction of sp³-hybridized carbons (Fsp3) is 0.789. The number of ketones is 1. The summed E-state index contributed by atoms with van der Waals surface area (Å²) in [5.74, 6) is 0.353. The smallest absolute Gasteiger partial charge is 0.303 e. The Kier molecular flexibility index (Phi) is 4.16. The zero-order chi connectivity index (χ0) is 16.8. The van der Waals surface area contributed by atoms with E-state index in [0.717, 1.165) is 32.1 Å². The molecule has 4 nitrogen and oxygen atoms in total. The van der Waals surface area contributed by atoms with Gasteiger partial charge in [0.2, 0.25) is 0 Å². The first kappa shape index (κ1) is 16.7. The maximum absolute atomic E-state index is 11.8. The van der Waals surface area contributed by atoms with Crippen LogP contribution < -0.4 is 0 Å². The van der Waals surface area contributed by atoms with Gasteiger partial charge in [-0.3, -0.25) is 9.59 Å². The lowest BCUT2D eigenvalue weighted by Crippen LogP contribution is -2.53. The van der Waals surface area contributed by atoms with Gasteiger partial charge in [-0.25, -0.2) is 0 Å². The summed E-state index contributed by atoms with van der Waals surface area (Å²) in [6, 6.07) is 0. The molecule has 0 radical (unpaired) electrons. The Bertz CT molecular complexity index is 548. The van der Waals surface area contributed by atoms with Gasteiger partial charge in [0, 0.05) is 12.8 Å². The highest BCUT2D eigenvalue weighted by Crippen LogP contribution is 2.60. The van der Waals surface area contributed by atoms with Crippen molar-refractivity contribution in [2.45, 2.75) is 70.8 Å². The summed E-state index contributed by atoms with van der Waals surface area (Å²) in [7, 11) is 0. The highest BCUT2D eigenvalue weighted by molar-refractivity contribution is 5.91. The SMILES string of the molecule is C[C@]1(O)CC[C@H]2[C@@H](CCC3=CC(=O)CC[C@@]32C)[C@@H]1CCC(=O)O. The van der Waals surface area contributed by atoms with Crippen molar-refractivity contribution in [3.63, 3.8) is 0 Å². The summed E-state index contributed by atoms with van der Waals surface area (Å²) < 4.78 is 0. The highest BCUT2D eigenvalue weighted by Gasteiger charge is 2.54. The minimum absolute atomic E-state index is 0.0494. The quantitative estimate of drug-likeness (QED) is 0.836. The van der Waals surface area contributed by atoms with E-state index >= 15 is 0 Å². The van der Waals surface area contributed by atoms with E-state index in [1.807, 2.05) is 13.0 Å². The molecule has 0 heterocycles. The van der Waals surface area contributed by atoms with E-state index in [9.17, 15) is 14.7 Å². The number of fused-ring (bicyclic) bond motifs is 3. The number of carboxylic acid groups (broad SMARTS) is 1. The van der Waals surface area contributed by atoms with Crippen LogP contribution in [0.2, 0.25) is 0 Å². The Morgan fingerprint density at radius 3 is 2.70 bits per heavy atom. The van der Waals surface area contributed by atoms with Crippen LogP contribution in [-0.2, 0) is 9.59 Å². The third-order valence-electron chi connectivity index (χ3n) is 6.99. The van der Waals surface area contributed by atoms with Gasteiger partial charge in [-0.15, -0.1) is 0 Å². The van der Waals surface area contributed by atoms with Gasteiger partial charge >= 0.3 is 5.97 Å². The van der Waals surface area contributed by atoms with Gasteiger partial charge in [-0.2, -0.15) is 0 Å². The van der Waals surface area contributed by atoms with E-state index in [0.29, 0.717) is 24.7 Å². The van der Waals surface area contributed by atoms with Crippen molar-refractivity contribution in [3.05, 3.63) is 11.6 Å². The molecule has 3 aliphatic carbocycles. The molecule has 0 aromatic rings. The van der Waals surface area contributed by atoms with Gasteiger partial charge in [0.1, 0.15) is 0 Å². The van der Waals surface area contributed by atoms with Crippen LogP contribution in [-0.4, -0.2) is 27.6 Å². The predicted octanol–water partition coefficient (Wildman–Crippen LogP) is 3.33. The Labute approximate surface area is 138 Å². The molecule has 3 rings (SSSR count).